The van der Waals surface area contributed by atoms with Crippen LogP contribution in [0.2, 0.25) is 0 Å². The van der Waals surface area contributed by atoms with Crippen molar-refractivity contribution >= 4 is 28.7 Å². The number of benzene rings is 2. The minimum absolute atomic E-state index is 0.0985. The monoisotopic (exact) mass is 428 g/mol. The van der Waals surface area contributed by atoms with Crippen molar-refractivity contribution in [2.45, 2.75) is 19.9 Å². The van der Waals surface area contributed by atoms with Gasteiger partial charge in [-0.15, -0.1) is 0 Å². The highest BCUT2D eigenvalue weighted by atomic mass is 16.6. The molecule has 2 aromatic rings. The van der Waals surface area contributed by atoms with Gasteiger partial charge in [-0.25, -0.2) is 0 Å². The van der Waals surface area contributed by atoms with Gasteiger partial charge in [0.15, 0.2) is 0 Å². The summed E-state index contributed by atoms with van der Waals surface area (Å²) in [6.07, 6.45) is 0. The molecule has 0 aromatic heterocycles. The summed E-state index contributed by atoms with van der Waals surface area (Å²) in [5.74, 6) is -0.0287. The number of nitrogens with one attached hydrogen (secondary N) is 3. The number of ether oxygens (including phenoxy) is 1. The minimum Gasteiger partial charge on any atom is -0.494 e. The highest BCUT2D eigenvalue weighted by molar-refractivity contribution is 5.97. The molecule has 0 unspecified atom stereocenters. The summed E-state index contributed by atoms with van der Waals surface area (Å²) in [6.45, 7) is 9.55. The molecule has 9 nitrogen and oxygen atoms in total. The fraction of sp³-hybridized carbons (Fsp3) is 0.409. The summed E-state index contributed by atoms with van der Waals surface area (Å²) >= 11 is 0. The van der Waals surface area contributed by atoms with E-state index in [0.29, 0.717) is 5.69 Å². The van der Waals surface area contributed by atoms with Crippen LogP contribution in [0.25, 0.3) is 0 Å². The van der Waals surface area contributed by atoms with Crippen LogP contribution in [-0.2, 0) is 4.79 Å². The summed E-state index contributed by atoms with van der Waals surface area (Å²) < 4.78 is 5.17. The number of methoxy groups -OCH3 is 1. The van der Waals surface area contributed by atoms with Crippen molar-refractivity contribution in [1.29, 1.82) is 0 Å². The Morgan fingerprint density at radius 2 is 1.90 bits per heavy atom. The van der Waals surface area contributed by atoms with E-state index >= 15 is 0 Å². The smallest absolute Gasteiger partial charge is 0.273 e. The SMILES string of the molecule is CC[NH+]1CCN(c2ccc(N[C@H](C)C(=O)Nc3ccc([N+](=O)[O-])cc3OC)cc2)CC1. The molecule has 1 saturated heterocycles. The largest absolute Gasteiger partial charge is 0.494 e. The van der Waals surface area contributed by atoms with Crippen molar-refractivity contribution < 1.29 is 19.4 Å². The zero-order valence-electron chi connectivity index (χ0n) is 18.2. The van der Waals surface area contributed by atoms with Crippen LogP contribution >= 0.6 is 0 Å². The Morgan fingerprint density at radius 3 is 2.48 bits per heavy atom. The van der Waals surface area contributed by atoms with Gasteiger partial charge < -0.3 is 25.2 Å². The Bertz CT molecular complexity index is 911. The van der Waals surface area contributed by atoms with Crippen LogP contribution in [0.15, 0.2) is 42.5 Å². The Balaban J connectivity index is 1.58. The topological polar surface area (TPSA) is 101 Å². The Morgan fingerprint density at radius 1 is 1.23 bits per heavy atom. The number of rotatable bonds is 8. The van der Waals surface area contributed by atoms with Crippen molar-refractivity contribution in [3.05, 3.63) is 52.6 Å². The molecule has 1 heterocycles. The third-order valence-corrected chi connectivity index (χ3v) is 5.63. The standard InChI is InChI=1S/C22H29N5O4/c1-4-25-11-13-26(14-12-25)18-7-5-17(6-8-18)23-16(2)22(28)24-20-10-9-19(27(29)30)15-21(20)31-3/h5-10,15-16,23H,4,11-14H2,1-3H3,(H,24,28)/p+1/t16-/m1/s1. The van der Waals surface area contributed by atoms with Gasteiger partial charge >= 0.3 is 0 Å². The highest BCUT2D eigenvalue weighted by Gasteiger charge is 2.20. The molecule has 3 N–H and O–H groups in total. The van der Waals surface area contributed by atoms with Gasteiger partial charge in [0.25, 0.3) is 5.69 Å². The first-order valence-corrected chi connectivity index (χ1v) is 10.5. The second-order valence-corrected chi connectivity index (χ2v) is 7.63. The summed E-state index contributed by atoms with van der Waals surface area (Å²) in [5, 5.41) is 16.9. The second kappa shape index (κ2) is 10.1. The van der Waals surface area contributed by atoms with Crippen LogP contribution in [0, 0.1) is 10.1 Å². The number of nitro groups is 1. The van der Waals surface area contributed by atoms with Crippen molar-refractivity contribution in [2.75, 3.05) is 55.4 Å². The quantitative estimate of drug-likeness (QED) is 0.438. The Kier molecular flexibility index (Phi) is 7.30. The van der Waals surface area contributed by atoms with Gasteiger partial charge in [-0.3, -0.25) is 14.9 Å². The van der Waals surface area contributed by atoms with E-state index in [-0.39, 0.29) is 17.3 Å². The zero-order chi connectivity index (χ0) is 22.4. The number of non-ortho nitro benzene ring substituents is 1. The van der Waals surface area contributed by atoms with Gasteiger partial charge in [0.05, 0.1) is 56.5 Å². The molecular weight excluding hydrogens is 398 g/mol. The molecule has 0 radical (unpaired) electrons. The lowest BCUT2D eigenvalue weighted by Crippen LogP contribution is -3.14. The van der Waals surface area contributed by atoms with E-state index in [1.807, 2.05) is 12.1 Å². The Labute approximate surface area is 182 Å². The van der Waals surface area contributed by atoms with Gasteiger partial charge in [-0.1, -0.05) is 0 Å². The van der Waals surface area contributed by atoms with Crippen LogP contribution in [-0.4, -0.2) is 56.7 Å². The van der Waals surface area contributed by atoms with E-state index in [1.165, 1.54) is 37.5 Å². The van der Waals surface area contributed by atoms with Crippen molar-refractivity contribution in [1.82, 2.24) is 0 Å². The summed E-state index contributed by atoms with van der Waals surface area (Å²) in [4.78, 5) is 27.0. The number of carbonyl (C=O) groups excluding carboxylic acids is 1. The van der Waals surface area contributed by atoms with Gasteiger partial charge in [0.2, 0.25) is 5.91 Å². The number of hydrogen-bond donors (Lipinski definition) is 3. The third kappa shape index (κ3) is 5.64. The van der Waals surface area contributed by atoms with Crippen molar-refractivity contribution in [3.63, 3.8) is 0 Å². The number of amides is 1. The van der Waals surface area contributed by atoms with E-state index in [9.17, 15) is 14.9 Å². The van der Waals surface area contributed by atoms with Crippen LogP contribution < -0.4 is 25.2 Å². The maximum Gasteiger partial charge on any atom is 0.273 e. The molecule has 1 amide bonds. The van der Waals surface area contributed by atoms with E-state index in [0.717, 1.165) is 31.9 Å². The number of anilines is 3. The number of piperazine rings is 1. The maximum atomic E-state index is 12.6. The van der Waals surface area contributed by atoms with Crippen LogP contribution in [0.1, 0.15) is 13.8 Å². The van der Waals surface area contributed by atoms with Gasteiger partial charge in [-0.05, 0) is 44.2 Å². The summed E-state index contributed by atoms with van der Waals surface area (Å²) in [7, 11) is 1.40. The summed E-state index contributed by atoms with van der Waals surface area (Å²) in [6, 6.07) is 11.7. The molecule has 0 saturated carbocycles. The molecule has 1 aliphatic heterocycles. The third-order valence-electron chi connectivity index (χ3n) is 5.63. The molecule has 3 rings (SSSR count). The number of likely N-dealkylation sites (N-methyl/N-ethyl adjacent to an activating group) is 1. The molecule has 1 aliphatic rings. The molecule has 1 fully saturated rings. The number of quaternary nitrogens is 1. The lowest BCUT2D eigenvalue weighted by molar-refractivity contribution is -0.898. The lowest BCUT2D eigenvalue weighted by atomic mass is 10.2. The van der Waals surface area contributed by atoms with Gasteiger partial charge in [0.1, 0.15) is 11.8 Å². The van der Waals surface area contributed by atoms with E-state index in [2.05, 4.69) is 34.6 Å². The molecule has 0 bridgehead atoms. The fourth-order valence-electron chi connectivity index (χ4n) is 3.66. The Hall–Kier alpha value is -3.33. The molecule has 31 heavy (non-hydrogen) atoms. The molecular formula is C22H30N5O4+. The number of carbonyl (C=O) groups is 1. The average Bonchev–Trinajstić information content (AvgIpc) is 2.79. The van der Waals surface area contributed by atoms with Crippen LogP contribution in [0.3, 0.4) is 0 Å². The lowest BCUT2D eigenvalue weighted by Gasteiger charge is -2.33. The number of hydrogen-bond acceptors (Lipinski definition) is 6. The number of nitro benzene ring substituents is 1. The first-order valence-electron chi connectivity index (χ1n) is 10.5. The number of nitrogens with zero attached hydrogens (tertiary/aromatic N) is 2. The molecule has 166 valence electrons. The predicted molar refractivity (Wildman–Crippen MR) is 121 cm³/mol. The molecule has 0 spiro atoms. The van der Waals surface area contributed by atoms with Crippen LogP contribution in [0.5, 0.6) is 5.75 Å². The predicted octanol–water partition coefficient (Wildman–Crippen LogP) is 1.77. The molecule has 9 heteroatoms. The van der Waals surface area contributed by atoms with Crippen molar-refractivity contribution in [3.8, 4) is 5.75 Å². The average molecular weight is 429 g/mol. The van der Waals surface area contributed by atoms with Crippen LogP contribution in [0.4, 0.5) is 22.7 Å². The van der Waals surface area contributed by atoms with Gasteiger partial charge in [-0.2, -0.15) is 0 Å². The first kappa shape index (κ1) is 22.4. The van der Waals surface area contributed by atoms with E-state index in [4.69, 9.17) is 4.74 Å². The highest BCUT2D eigenvalue weighted by Crippen LogP contribution is 2.29. The molecule has 1 atom stereocenters. The van der Waals surface area contributed by atoms with Gasteiger partial charge in [0, 0.05) is 17.4 Å². The minimum atomic E-state index is -0.512. The summed E-state index contributed by atoms with van der Waals surface area (Å²) in [5.41, 5.74) is 2.32. The molecule has 2 aromatic carbocycles. The van der Waals surface area contributed by atoms with Crippen molar-refractivity contribution in [2.24, 2.45) is 0 Å². The van der Waals surface area contributed by atoms with E-state index in [1.54, 1.807) is 11.8 Å². The second-order valence-electron chi connectivity index (χ2n) is 7.63. The zero-order valence-corrected chi connectivity index (χ0v) is 18.2. The normalized spacial score (nSPS) is 15.3. The molecule has 0 aliphatic carbocycles. The fourth-order valence-corrected chi connectivity index (χ4v) is 3.66. The first-order chi connectivity index (χ1) is 14.9. The van der Waals surface area contributed by atoms with E-state index < -0.39 is 11.0 Å². The maximum absolute atomic E-state index is 12.6.